The molecule has 2 aromatic rings. The molecule has 0 aliphatic rings. The van der Waals surface area contributed by atoms with Gasteiger partial charge in [0.25, 0.3) is 0 Å². The van der Waals surface area contributed by atoms with Gasteiger partial charge in [0.15, 0.2) is 5.82 Å². The lowest BCUT2D eigenvalue weighted by Crippen LogP contribution is -2.33. The van der Waals surface area contributed by atoms with Crippen LogP contribution in [-0.4, -0.2) is 10.1 Å². The Morgan fingerprint density at radius 3 is 2.33 bits per heavy atom. The van der Waals surface area contributed by atoms with E-state index in [9.17, 15) is 13.2 Å². The highest BCUT2D eigenvalue weighted by Gasteiger charge is 2.30. The van der Waals surface area contributed by atoms with E-state index in [2.05, 4.69) is 10.1 Å². The number of hydrogen-bond donors (Lipinski definition) is 1. The topological polar surface area (TPSA) is 64.9 Å². The fourth-order valence-electron chi connectivity index (χ4n) is 1.70. The maximum absolute atomic E-state index is 12.5. The minimum Gasteiger partial charge on any atom is -0.339 e. The highest BCUT2D eigenvalue weighted by molar-refractivity contribution is 5.26. The van der Waals surface area contributed by atoms with Gasteiger partial charge in [-0.05, 0) is 31.0 Å². The zero-order valence-electron chi connectivity index (χ0n) is 11.7. The molecular weight excluding hydrogens is 283 g/mol. The molecule has 0 fully saturated rings. The molecule has 0 aliphatic heterocycles. The molecule has 1 heterocycles. The number of alkyl halides is 3. The lowest BCUT2D eigenvalue weighted by Gasteiger charge is -2.16. The highest BCUT2D eigenvalue weighted by Crippen LogP contribution is 2.29. The summed E-state index contributed by atoms with van der Waals surface area (Å²) >= 11 is 0. The molecule has 1 aromatic carbocycles. The zero-order chi connectivity index (χ0) is 15.7. The van der Waals surface area contributed by atoms with E-state index >= 15 is 0 Å². The predicted molar refractivity (Wildman–Crippen MR) is 70.4 cm³/mol. The van der Waals surface area contributed by atoms with Gasteiger partial charge < -0.3 is 10.3 Å². The smallest absolute Gasteiger partial charge is 0.339 e. The molecule has 0 aliphatic carbocycles. The van der Waals surface area contributed by atoms with Crippen molar-refractivity contribution in [2.75, 3.05) is 0 Å². The maximum Gasteiger partial charge on any atom is 0.416 e. The van der Waals surface area contributed by atoms with Crippen LogP contribution in [0.3, 0.4) is 0 Å². The molecule has 2 rings (SSSR count). The van der Waals surface area contributed by atoms with Gasteiger partial charge in [-0.25, -0.2) is 0 Å². The summed E-state index contributed by atoms with van der Waals surface area (Å²) in [5, 5.41) is 3.82. The van der Waals surface area contributed by atoms with Crippen molar-refractivity contribution in [2.45, 2.75) is 38.4 Å². The monoisotopic (exact) mass is 299 g/mol. The van der Waals surface area contributed by atoms with Crippen LogP contribution in [0.1, 0.15) is 43.1 Å². The zero-order valence-corrected chi connectivity index (χ0v) is 11.7. The van der Waals surface area contributed by atoms with Gasteiger partial charge in [0, 0.05) is 0 Å². The van der Waals surface area contributed by atoms with Crippen LogP contribution in [-0.2, 0) is 18.1 Å². The molecule has 0 saturated carbocycles. The standard InChI is InChI=1S/C14H16F3N3O/c1-3-13(2,18)12-19-11(21-20-12)8-9-4-6-10(7-5-9)14(15,16)17/h4-7H,3,8,18H2,1-2H3. The third-order valence-corrected chi connectivity index (χ3v) is 3.35. The summed E-state index contributed by atoms with van der Waals surface area (Å²) in [5.74, 6) is 0.724. The molecule has 0 spiro atoms. The number of aromatic nitrogens is 2. The first-order chi connectivity index (χ1) is 9.72. The molecule has 0 saturated heterocycles. The van der Waals surface area contributed by atoms with Gasteiger partial charge in [0.2, 0.25) is 5.89 Å². The molecule has 1 atom stereocenters. The van der Waals surface area contributed by atoms with Crippen LogP contribution in [0.4, 0.5) is 13.2 Å². The number of rotatable bonds is 4. The Hall–Kier alpha value is -1.89. The minimum atomic E-state index is -4.33. The van der Waals surface area contributed by atoms with Crippen LogP contribution in [0.2, 0.25) is 0 Å². The summed E-state index contributed by atoms with van der Waals surface area (Å²) in [7, 11) is 0. The Morgan fingerprint density at radius 1 is 1.19 bits per heavy atom. The summed E-state index contributed by atoms with van der Waals surface area (Å²) in [5.41, 5.74) is 5.30. The second-order valence-electron chi connectivity index (χ2n) is 5.15. The van der Waals surface area contributed by atoms with Crippen molar-refractivity contribution in [2.24, 2.45) is 5.73 Å². The van der Waals surface area contributed by atoms with E-state index in [4.69, 9.17) is 10.3 Å². The van der Waals surface area contributed by atoms with Gasteiger partial charge >= 0.3 is 6.18 Å². The molecule has 21 heavy (non-hydrogen) atoms. The van der Waals surface area contributed by atoms with Crippen LogP contribution < -0.4 is 5.73 Å². The van der Waals surface area contributed by atoms with Crippen LogP contribution in [0.25, 0.3) is 0 Å². The first kappa shape index (κ1) is 15.5. The molecule has 114 valence electrons. The predicted octanol–water partition coefficient (Wildman–Crippen LogP) is 3.26. The van der Waals surface area contributed by atoms with E-state index in [1.54, 1.807) is 6.92 Å². The largest absolute Gasteiger partial charge is 0.416 e. The van der Waals surface area contributed by atoms with E-state index in [0.717, 1.165) is 12.1 Å². The second kappa shape index (κ2) is 5.48. The van der Waals surface area contributed by atoms with Crippen molar-refractivity contribution < 1.29 is 17.7 Å². The van der Waals surface area contributed by atoms with Gasteiger partial charge in [-0.15, -0.1) is 0 Å². The normalized spacial score (nSPS) is 15.0. The Morgan fingerprint density at radius 2 is 1.81 bits per heavy atom. The van der Waals surface area contributed by atoms with Crippen molar-refractivity contribution in [3.63, 3.8) is 0 Å². The first-order valence-corrected chi connectivity index (χ1v) is 6.50. The van der Waals surface area contributed by atoms with Gasteiger partial charge in [0.05, 0.1) is 17.5 Å². The van der Waals surface area contributed by atoms with E-state index in [0.29, 0.717) is 23.7 Å². The van der Waals surface area contributed by atoms with Crippen LogP contribution in [0, 0.1) is 0 Å². The number of benzene rings is 1. The van der Waals surface area contributed by atoms with Gasteiger partial charge in [-0.2, -0.15) is 18.2 Å². The Balaban J connectivity index is 2.12. The Labute approximate surface area is 120 Å². The Kier molecular flexibility index (Phi) is 4.04. The third kappa shape index (κ3) is 3.60. The van der Waals surface area contributed by atoms with Gasteiger partial charge in [0.1, 0.15) is 0 Å². The summed E-state index contributed by atoms with van der Waals surface area (Å²) < 4.78 is 42.5. The van der Waals surface area contributed by atoms with Crippen LogP contribution in [0.15, 0.2) is 28.8 Å². The minimum absolute atomic E-state index is 0.269. The Bertz CT molecular complexity index is 603. The molecule has 7 heteroatoms. The summed E-state index contributed by atoms with van der Waals surface area (Å²) in [6, 6.07) is 4.86. The van der Waals surface area contributed by atoms with Crippen LogP contribution >= 0.6 is 0 Å². The summed E-state index contributed by atoms with van der Waals surface area (Å²) in [4.78, 5) is 4.19. The fraction of sp³-hybridized carbons (Fsp3) is 0.429. The van der Waals surface area contributed by atoms with Crippen molar-refractivity contribution >= 4 is 0 Å². The van der Waals surface area contributed by atoms with Gasteiger partial charge in [-0.1, -0.05) is 24.2 Å². The SMILES string of the molecule is CCC(C)(N)c1noc(Cc2ccc(C(F)(F)F)cc2)n1. The van der Waals surface area contributed by atoms with E-state index in [1.807, 2.05) is 6.92 Å². The lowest BCUT2D eigenvalue weighted by atomic mass is 10.00. The molecule has 1 unspecified atom stereocenters. The third-order valence-electron chi connectivity index (χ3n) is 3.35. The average molecular weight is 299 g/mol. The lowest BCUT2D eigenvalue weighted by molar-refractivity contribution is -0.137. The van der Waals surface area contributed by atoms with E-state index in [-0.39, 0.29) is 6.42 Å². The molecule has 0 bridgehead atoms. The number of halogens is 3. The fourth-order valence-corrected chi connectivity index (χ4v) is 1.70. The molecule has 2 N–H and O–H groups in total. The summed E-state index contributed by atoms with van der Waals surface area (Å²) in [6.45, 7) is 3.70. The number of nitrogens with zero attached hydrogens (tertiary/aromatic N) is 2. The van der Waals surface area contributed by atoms with Crippen molar-refractivity contribution in [3.8, 4) is 0 Å². The number of hydrogen-bond acceptors (Lipinski definition) is 4. The van der Waals surface area contributed by atoms with Crippen LogP contribution in [0.5, 0.6) is 0 Å². The van der Waals surface area contributed by atoms with Crippen molar-refractivity contribution in [1.82, 2.24) is 10.1 Å². The average Bonchev–Trinajstić information content (AvgIpc) is 2.87. The second-order valence-corrected chi connectivity index (χ2v) is 5.15. The molecule has 4 nitrogen and oxygen atoms in total. The van der Waals surface area contributed by atoms with Gasteiger partial charge in [-0.3, -0.25) is 0 Å². The quantitative estimate of drug-likeness (QED) is 0.941. The molecular formula is C14H16F3N3O. The van der Waals surface area contributed by atoms with E-state index in [1.165, 1.54) is 12.1 Å². The van der Waals surface area contributed by atoms with E-state index < -0.39 is 17.3 Å². The van der Waals surface area contributed by atoms with Crippen molar-refractivity contribution in [3.05, 3.63) is 47.1 Å². The number of nitrogens with two attached hydrogens (primary N) is 1. The molecule has 0 radical (unpaired) electrons. The molecule has 0 amide bonds. The van der Waals surface area contributed by atoms with Crippen molar-refractivity contribution in [1.29, 1.82) is 0 Å². The highest BCUT2D eigenvalue weighted by atomic mass is 19.4. The maximum atomic E-state index is 12.5. The molecule has 1 aromatic heterocycles. The first-order valence-electron chi connectivity index (χ1n) is 6.50. The summed E-state index contributed by atoms with van der Waals surface area (Å²) in [6.07, 6.45) is -3.42.